The van der Waals surface area contributed by atoms with Gasteiger partial charge in [-0.2, -0.15) is 13.2 Å². The van der Waals surface area contributed by atoms with Crippen LogP contribution < -0.4 is 15.4 Å². The van der Waals surface area contributed by atoms with Gasteiger partial charge in [-0.15, -0.1) is 0 Å². The molecule has 0 aliphatic carbocycles. The fourth-order valence-corrected chi connectivity index (χ4v) is 2.55. The van der Waals surface area contributed by atoms with Crippen molar-refractivity contribution in [3.63, 3.8) is 0 Å². The Hall–Kier alpha value is -1.66. The smallest absolute Gasteiger partial charge is 0.391 e. The Morgan fingerprint density at radius 3 is 2.43 bits per heavy atom. The largest absolute Gasteiger partial charge is 0.491 e. The van der Waals surface area contributed by atoms with Crippen LogP contribution >= 0.6 is 0 Å². The highest BCUT2D eigenvalue weighted by Gasteiger charge is 2.41. The average Bonchev–Trinajstić information content (AvgIpc) is 2.41. The molecular formula is C14H18F4N2O. The van der Waals surface area contributed by atoms with Gasteiger partial charge in [-0.25, -0.2) is 4.39 Å². The van der Waals surface area contributed by atoms with Gasteiger partial charge < -0.3 is 15.4 Å². The number of nitrogen functional groups attached to an aromatic ring is 1. The van der Waals surface area contributed by atoms with Crippen molar-refractivity contribution in [3.05, 3.63) is 17.9 Å². The van der Waals surface area contributed by atoms with Gasteiger partial charge in [0.15, 0.2) is 11.6 Å². The minimum absolute atomic E-state index is 0.0181. The number of piperidine rings is 1. The Kier molecular flexibility index (Phi) is 4.49. The molecule has 1 aromatic carbocycles. The number of nitrogens with zero attached hydrogens (tertiary/aromatic N) is 1. The van der Waals surface area contributed by atoms with E-state index in [1.54, 1.807) is 11.8 Å². The number of benzene rings is 1. The summed E-state index contributed by atoms with van der Waals surface area (Å²) in [5, 5.41) is 0. The molecule has 1 heterocycles. The van der Waals surface area contributed by atoms with Crippen LogP contribution in [0.15, 0.2) is 12.1 Å². The first-order chi connectivity index (χ1) is 9.82. The Morgan fingerprint density at radius 1 is 1.29 bits per heavy atom. The maximum absolute atomic E-state index is 13.6. The summed E-state index contributed by atoms with van der Waals surface area (Å²) < 4.78 is 56.8. The molecule has 1 saturated heterocycles. The number of anilines is 2. The van der Waals surface area contributed by atoms with Gasteiger partial charge in [-0.05, 0) is 19.8 Å². The molecule has 1 aliphatic rings. The zero-order chi connectivity index (χ0) is 15.6. The van der Waals surface area contributed by atoms with Gasteiger partial charge in [-0.3, -0.25) is 0 Å². The molecule has 0 amide bonds. The van der Waals surface area contributed by atoms with Crippen molar-refractivity contribution in [3.8, 4) is 5.75 Å². The van der Waals surface area contributed by atoms with E-state index in [1.165, 1.54) is 6.07 Å². The highest BCUT2D eigenvalue weighted by Crippen LogP contribution is 2.38. The normalized spacial score (nSPS) is 17.1. The lowest BCUT2D eigenvalue weighted by Gasteiger charge is -2.35. The summed E-state index contributed by atoms with van der Waals surface area (Å²) in [6, 6.07) is 2.61. The second-order valence-corrected chi connectivity index (χ2v) is 5.08. The van der Waals surface area contributed by atoms with Gasteiger partial charge in [0.2, 0.25) is 0 Å². The zero-order valence-electron chi connectivity index (χ0n) is 11.7. The molecule has 118 valence electrons. The summed E-state index contributed by atoms with van der Waals surface area (Å²) in [4.78, 5) is 1.75. The van der Waals surface area contributed by atoms with E-state index in [1.807, 2.05) is 0 Å². The predicted octanol–water partition coefficient (Wildman–Crippen LogP) is 3.59. The molecule has 0 saturated carbocycles. The van der Waals surface area contributed by atoms with E-state index < -0.39 is 17.9 Å². The standard InChI is InChI=1S/C14H18F4N2O/c1-2-21-13-8-12(11(19)7-10(13)15)20-5-3-9(4-6-20)14(16,17)18/h7-9H,2-6,19H2,1H3. The Balaban J connectivity index is 2.15. The van der Waals surface area contributed by atoms with Crippen molar-refractivity contribution in [1.82, 2.24) is 0 Å². The van der Waals surface area contributed by atoms with Crippen LogP contribution in [0.5, 0.6) is 5.75 Å². The topological polar surface area (TPSA) is 38.5 Å². The van der Waals surface area contributed by atoms with Crippen LogP contribution in [-0.4, -0.2) is 25.9 Å². The minimum atomic E-state index is -4.16. The number of nitrogens with two attached hydrogens (primary N) is 1. The van der Waals surface area contributed by atoms with Crippen LogP contribution in [0.25, 0.3) is 0 Å². The van der Waals surface area contributed by atoms with Gasteiger partial charge >= 0.3 is 6.18 Å². The van der Waals surface area contributed by atoms with Crippen LogP contribution in [0.1, 0.15) is 19.8 Å². The van der Waals surface area contributed by atoms with Crippen LogP contribution in [-0.2, 0) is 0 Å². The van der Waals surface area contributed by atoms with Crippen molar-refractivity contribution in [2.75, 3.05) is 30.3 Å². The molecule has 0 spiro atoms. The molecule has 1 aromatic rings. The number of rotatable bonds is 3. The third-order valence-electron chi connectivity index (χ3n) is 3.68. The van der Waals surface area contributed by atoms with E-state index in [0.717, 1.165) is 6.07 Å². The lowest BCUT2D eigenvalue weighted by molar-refractivity contribution is -0.179. The maximum Gasteiger partial charge on any atom is 0.391 e. The molecule has 2 N–H and O–H groups in total. The van der Waals surface area contributed by atoms with Crippen molar-refractivity contribution in [2.45, 2.75) is 25.9 Å². The van der Waals surface area contributed by atoms with Gasteiger partial charge in [-0.1, -0.05) is 0 Å². The average molecular weight is 306 g/mol. The third kappa shape index (κ3) is 3.51. The van der Waals surface area contributed by atoms with E-state index in [0.29, 0.717) is 12.3 Å². The number of alkyl halides is 3. The highest BCUT2D eigenvalue weighted by atomic mass is 19.4. The van der Waals surface area contributed by atoms with Crippen molar-refractivity contribution >= 4 is 11.4 Å². The van der Waals surface area contributed by atoms with E-state index in [-0.39, 0.29) is 37.4 Å². The molecule has 1 aliphatic heterocycles. The first-order valence-electron chi connectivity index (χ1n) is 6.86. The van der Waals surface area contributed by atoms with E-state index >= 15 is 0 Å². The van der Waals surface area contributed by atoms with Crippen LogP contribution in [0.3, 0.4) is 0 Å². The van der Waals surface area contributed by atoms with Crippen molar-refractivity contribution < 1.29 is 22.3 Å². The molecular weight excluding hydrogens is 288 g/mol. The molecule has 3 nitrogen and oxygen atoms in total. The fraction of sp³-hybridized carbons (Fsp3) is 0.571. The summed E-state index contributed by atoms with van der Waals surface area (Å²) in [7, 11) is 0. The lowest BCUT2D eigenvalue weighted by Crippen LogP contribution is -2.39. The molecule has 0 aromatic heterocycles. The van der Waals surface area contributed by atoms with Crippen LogP contribution in [0.2, 0.25) is 0 Å². The summed E-state index contributed by atoms with van der Waals surface area (Å²) in [6.07, 6.45) is -4.12. The Morgan fingerprint density at radius 2 is 1.90 bits per heavy atom. The van der Waals surface area contributed by atoms with Gasteiger partial charge in [0.1, 0.15) is 0 Å². The van der Waals surface area contributed by atoms with E-state index in [4.69, 9.17) is 10.5 Å². The summed E-state index contributed by atoms with van der Waals surface area (Å²) in [5.41, 5.74) is 6.52. The Labute approximate surface area is 120 Å². The molecule has 0 atom stereocenters. The molecule has 1 fully saturated rings. The minimum Gasteiger partial charge on any atom is -0.491 e. The van der Waals surface area contributed by atoms with Crippen LogP contribution in [0.4, 0.5) is 28.9 Å². The molecule has 7 heteroatoms. The van der Waals surface area contributed by atoms with Gasteiger partial charge in [0, 0.05) is 25.2 Å². The summed E-state index contributed by atoms with van der Waals surface area (Å²) in [6.45, 7) is 2.51. The van der Waals surface area contributed by atoms with Crippen molar-refractivity contribution in [2.24, 2.45) is 5.92 Å². The Bertz CT molecular complexity index is 496. The van der Waals surface area contributed by atoms with E-state index in [9.17, 15) is 17.6 Å². The molecule has 21 heavy (non-hydrogen) atoms. The predicted molar refractivity (Wildman–Crippen MR) is 73.0 cm³/mol. The zero-order valence-corrected chi connectivity index (χ0v) is 11.7. The summed E-state index contributed by atoms with van der Waals surface area (Å²) in [5.74, 6) is -1.77. The van der Waals surface area contributed by atoms with Gasteiger partial charge in [0.25, 0.3) is 0 Å². The number of hydrogen-bond acceptors (Lipinski definition) is 3. The first kappa shape index (κ1) is 15.7. The number of halogens is 4. The molecule has 0 unspecified atom stereocenters. The second kappa shape index (κ2) is 5.99. The molecule has 2 rings (SSSR count). The second-order valence-electron chi connectivity index (χ2n) is 5.08. The molecule has 0 bridgehead atoms. The van der Waals surface area contributed by atoms with Crippen LogP contribution in [0, 0.1) is 11.7 Å². The first-order valence-corrected chi connectivity index (χ1v) is 6.86. The molecule has 0 radical (unpaired) electrons. The number of ether oxygens (including phenoxy) is 1. The van der Waals surface area contributed by atoms with Crippen molar-refractivity contribution in [1.29, 1.82) is 0 Å². The fourth-order valence-electron chi connectivity index (χ4n) is 2.55. The maximum atomic E-state index is 13.6. The summed E-state index contributed by atoms with van der Waals surface area (Å²) >= 11 is 0. The SMILES string of the molecule is CCOc1cc(N2CCC(C(F)(F)F)CC2)c(N)cc1F. The number of hydrogen-bond donors (Lipinski definition) is 1. The monoisotopic (exact) mass is 306 g/mol. The van der Waals surface area contributed by atoms with Gasteiger partial charge in [0.05, 0.1) is 23.9 Å². The quantitative estimate of drug-likeness (QED) is 0.685. The van der Waals surface area contributed by atoms with E-state index in [2.05, 4.69) is 0 Å². The lowest BCUT2D eigenvalue weighted by atomic mass is 9.96. The third-order valence-corrected chi connectivity index (χ3v) is 3.68. The highest BCUT2D eigenvalue weighted by molar-refractivity contribution is 5.70.